The van der Waals surface area contributed by atoms with Crippen LogP contribution in [0.2, 0.25) is 0 Å². The number of fused-ring (bicyclic) bond motifs is 1. The number of aryl methyl sites for hydroxylation is 1. The molecule has 0 fully saturated rings. The first-order valence-electron chi connectivity index (χ1n) is 12.2. The molecular weight excluding hydrogens is 452 g/mol. The molecule has 2 heterocycles. The van der Waals surface area contributed by atoms with Crippen molar-refractivity contribution in [1.82, 2.24) is 25.3 Å². The van der Waals surface area contributed by atoms with Crippen LogP contribution in [-0.4, -0.2) is 38.3 Å². The standard InChI is InChI=1S/C28H32N6O2/c1-19(2)12-17-30-28(36)27(22-13-15-29-16-14-22)34(24-11-7-8-20(3)21(24)4)26(35)18-33-25-10-6-5-9-23(25)31-32-33/h5-11,13-16,19,27H,12,17-18H2,1-4H3,(H,30,36). The lowest BCUT2D eigenvalue weighted by molar-refractivity contribution is -0.127. The van der Waals surface area contributed by atoms with Gasteiger partial charge in [-0.05, 0) is 73.2 Å². The van der Waals surface area contributed by atoms with Gasteiger partial charge in [0, 0.05) is 24.6 Å². The number of hydrogen-bond donors (Lipinski definition) is 1. The van der Waals surface area contributed by atoms with E-state index in [1.54, 1.807) is 34.1 Å². The summed E-state index contributed by atoms with van der Waals surface area (Å²) in [6.45, 7) is 8.66. The summed E-state index contributed by atoms with van der Waals surface area (Å²) in [4.78, 5) is 33.5. The molecule has 2 aromatic carbocycles. The van der Waals surface area contributed by atoms with Gasteiger partial charge < -0.3 is 5.32 Å². The van der Waals surface area contributed by atoms with Crippen LogP contribution in [0.15, 0.2) is 67.0 Å². The number of nitrogens with zero attached hydrogens (tertiary/aromatic N) is 5. The van der Waals surface area contributed by atoms with E-state index in [-0.39, 0.29) is 18.4 Å². The van der Waals surface area contributed by atoms with Gasteiger partial charge in [0.15, 0.2) is 0 Å². The molecule has 0 bridgehead atoms. The average molecular weight is 485 g/mol. The van der Waals surface area contributed by atoms with Gasteiger partial charge in [-0.2, -0.15) is 0 Å². The van der Waals surface area contributed by atoms with E-state index in [1.807, 2.05) is 56.3 Å². The molecule has 0 saturated carbocycles. The highest BCUT2D eigenvalue weighted by Crippen LogP contribution is 2.32. The highest BCUT2D eigenvalue weighted by molar-refractivity contribution is 6.02. The van der Waals surface area contributed by atoms with Gasteiger partial charge in [-0.15, -0.1) is 5.10 Å². The van der Waals surface area contributed by atoms with E-state index in [2.05, 4.69) is 34.5 Å². The predicted octanol–water partition coefficient (Wildman–Crippen LogP) is 4.38. The molecule has 4 aromatic rings. The summed E-state index contributed by atoms with van der Waals surface area (Å²) >= 11 is 0. The minimum Gasteiger partial charge on any atom is -0.354 e. The van der Waals surface area contributed by atoms with Crippen LogP contribution in [0.25, 0.3) is 11.0 Å². The highest BCUT2D eigenvalue weighted by Gasteiger charge is 2.34. The molecule has 1 atom stereocenters. The maximum absolute atomic E-state index is 14.1. The first-order chi connectivity index (χ1) is 17.4. The summed E-state index contributed by atoms with van der Waals surface area (Å²) in [5.74, 6) is -0.0539. The molecule has 1 N–H and O–H groups in total. The van der Waals surface area contributed by atoms with E-state index in [4.69, 9.17) is 0 Å². The Hall–Kier alpha value is -4.07. The Bertz CT molecular complexity index is 1350. The van der Waals surface area contributed by atoms with Crippen molar-refractivity contribution < 1.29 is 9.59 Å². The van der Waals surface area contributed by atoms with Crippen molar-refractivity contribution in [1.29, 1.82) is 0 Å². The van der Waals surface area contributed by atoms with Crippen LogP contribution in [0.1, 0.15) is 43.0 Å². The largest absolute Gasteiger partial charge is 0.354 e. The highest BCUT2D eigenvalue weighted by atomic mass is 16.2. The van der Waals surface area contributed by atoms with Crippen LogP contribution in [0.4, 0.5) is 5.69 Å². The molecule has 8 heteroatoms. The lowest BCUT2D eigenvalue weighted by Crippen LogP contribution is -2.46. The number of pyridine rings is 1. The summed E-state index contributed by atoms with van der Waals surface area (Å²) in [5, 5.41) is 11.4. The fraction of sp³-hybridized carbons (Fsp3) is 0.321. The molecule has 36 heavy (non-hydrogen) atoms. The van der Waals surface area contributed by atoms with Crippen LogP contribution >= 0.6 is 0 Å². The maximum atomic E-state index is 14.1. The van der Waals surface area contributed by atoms with E-state index < -0.39 is 6.04 Å². The fourth-order valence-corrected chi connectivity index (χ4v) is 4.20. The zero-order valence-corrected chi connectivity index (χ0v) is 21.2. The van der Waals surface area contributed by atoms with E-state index in [0.717, 1.165) is 23.1 Å². The smallest absolute Gasteiger partial charge is 0.249 e. The zero-order chi connectivity index (χ0) is 25.7. The van der Waals surface area contributed by atoms with Gasteiger partial charge in [0.1, 0.15) is 18.1 Å². The molecule has 1 unspecified atom stereocenters. The fourth-order valence-electron chi connectivity index (χ4n) is 4.20. The Morgan fingerprint density at radius 1 is 1.00 bits per heavy atom. The molecule has 0 saturated heterocycles. The van der Waals surface area contributed by atoms with E-state index in [1.165, 1.54) is 0 Å². The molecule has 4 rings (SSSR count). The zero-order valence-electron chi connectivity index (χ0n) is 21.2. The molecular formula is C28H32N6O2. The second kappa shape index (κ2) is 11.1. The van der Waals surface area contributed by atoms with Gasteiger partial charge in [0.2, 0.25) is 11.8 Å². The molecule has 2 aromatic heterocycles. The Balaban J connectivity index is 1.79. The maximum Gasteiger partial charge on any atom is 0.249 e. The van der Waals surface area contributed by atoms with Crippen molar-refractivity contribution in [3.8, 4) is 0 Å². The number of para-hydroxylation sites is 1. The Labute approximate surface area is 211 Å². The number of amides is 2. The lowest BCUT2D eigenvalue weighted by Gasteiger charge is -2.33. The van der Waals surface area contributed by atoms with Crippen LogP contribution in [0, 0.1) is 19.8 Å². The van der Waals surface area contributed by atoms with Gasteiger partial charge in [-0.1, -0.05) is 43.3 Å². The van der Waals surface area contributed by atoms with Crippen LogP contribution in [0.5, 0.6) is 0 Å². The van der Waals surface area contributed by atoms with Gasteiger partial charge in [-0.3, -0.25) is 19.5 Å². The predicted molar refractivity (Wildman–Crippen MR) is 140 cm³/mol. The second-order valence-electron chi connectivity index (χ2n) is 9.38. The number of carbonyl (C=O) groups excluding carboxylic acids is 2. The molecule has 186 valence electrons. The molecule has 0 aliphatic rings. The Morgan fingerprint density at radius 3 is 2.50 bits per heavy atom. The summed E-state index contributed by atoms with van der Waals surface area (Å²) in [6, 6.07) is 16.0. The summed E-state index contributed by atoms with van der Waals surface area (Å²) in [5.41, 5.74) is 4.80. The monoisotopic (exact) mass is 484 g/mol. The van der Waals surface area contributed by atoms with Crippen LogP contribution < -0.4 is 10.2 Å². The van der Waals surface area contributed by atoms with Gasteiger partial charge in [-0.25, -0.2) is 4.68 Å². The molecule has 0 spiro atoms. The second-order valence-corrected chi connectivity index (χ2v) is 9.38. The van der Waals surface area contributed by atoms with Crippen molar-refractivity contribution in [3.05, 3.63) is 83.7 Å². The Morgan fingerprint density at radius 2 is 1.75 bits per heavy atom. The average Bonchev–Trinajstić information content (AvgIpc) is 3.27. The van der Waals surface area contributed by atoms with Gasteiger partial charge >= 0.3 is 0 Å². The lowest BCUT2D eigenvalue weighted by atomic mass is 10.0. The normalized spacial score (nSPS) is 12.0. The van der Waals surface area contributed by atoms with Crippen molar-refractivity contribution in [3.63, 3.8) is 0 Å². The first kappa shape index (κ1) is 25.0. The van der Waals surface area contributed by atoms with Crippen molar-refractivity contribution in [2.45, 2.75) is 46.7 Å². The number of aromatic nitrogens is 4. The summed E-state index contributed by atoms with van der Waals surface area (Å²) < 4.78 is 1.58. The number of nitrogens with one attached hydrogen (secondary N) is 1. The third kappa shape index (κ3) is 5.43. The number of hydrogen-bond acceptors (Lipinski definition) is 5. The number of rotatable bonds is 9. The van der Waals surface area contributed by atoms with Gasteiger partial charge in [0.05, 0.1) is 5.52 Å². The topological polar surface area (TPSA) is 93.0 Å². The van der Waals surface area contributed by atoms with Crippen LogP contribution in [-0.2, 0) is 16.1 Å². The van der Waals surface area contributed by atoms with E-state index in [0.29, 0.717) is 29.2 Å². The van der Waals surface area contributed by atoms with Gasteiger partial charge in [0.25, 0.3) is 0 Å². The third-order valence-electron chi connectivity index (χ3n) is 6.36. The molecule has 0 aliphatic heterocycles. The molecule has 2 amide bonds. The quantitative estimate of drug-likeness (QED) is 0.381. The number of carbonyl (C=O) groups is 2. The molecule has 0 aliphatic carbocycles. The van der Waals surface area contributed by atoms with Crippen LogP contribution in [0.3, 0.4) is 0 Å². The summed E-state index contributed by atoms with van der Waals surface area (Å²) in [7, 11) is 0. The third-order valence-corrected chi connectivity index (χ3v) is 6.36. The molecule has 8 nitrogen and oxygen atoms in total. The minimum atomic E-state index is -0.872. The van der Waals surface area contributed by atoms with E-state index in [9.17, 15) is 9.59 Å². The van der Waals surface area contributed by atoms with Crippen molar-refractivity contribution in [2.75, 3.05) is 11.4 Å². The van der Waals surface area contributed by atoms with Crippen molar-refractivity contribution in [2.24, 2.45) is 5.92 Å². The number of benzene rings is 2. The van der Waals surface area contributed by atoms with E-state index >= 15 is 0 Å². The number of anilines is 1. The minimum absolute atomic E-state index is 0.0608. The Kier molecular flexibility index (Phi) is 7.73. The van der Waals surface area contributed by atoms with Crippen molar-refractivity contribution >= 4 is 28.5 Å². The first-order valence-corrected chi connectivity index (χ1v) is 12.2. The molecule has 0 radical (unpaired) electrons. The SMILES string of the molecule is Cc1cccc(N(C(=O)Cn2nnc3ccccc32)C(C(=O)NCCC(C)C)c2ccncc2)c1C. The summed E-state index contributed by atoms with van der Waals surface area (Å²) in [6.07, 6.45) is 4.12.